The van der Waals surface area contributed by atoms with E-state index in [1.54, 1.807) is 18.8 Å². The predicted molar refractivity (Wildman–Crippen MR) is 57.4 cm³/mol. The van der Waals surface area contributed by atoms with Crippen molar-refractivity contribution in [3.05, 3.63) is 48.3 Å². The molecule has 0 saturated heterocycles. The second-order valence-corrected chi connectivity index (χ2v) is 3.68. The van der Waals surface area contributed by atoms with E-state index in [9.17, 15) is 0 Å². The van der Waals surface area contributed by atoms with Crippen molar-refractivity contribution in [3.8, 4) is 0 Å². The van der Waals surface area contributed by atoms with E-state index in [0.29, 0.717) is 0 Å². The summed E-state index contributed by atoms with van der Waals surface area (Å²) >= 11 is 0. The van der Waals surface area contributed by atoms with Crippen LogP contribution in [-0.2, 0) is 0 Å². The minimum atomic E-state index is 0.199. The smallest absolute Gasteiger partial charge is 0.120 e. The van der Waals surface area contributed by atoms with Gasteiger partial charge in [0.1, 0.15) is 5.76 Å². The van der Waals surface area contributed by atoms with Crippen molar-refractivity contribution in [3.63, 3.8) is 0 Å². The second-order valence-electron chi connectivity index (χ2n) is 3.68. The van der Waals surface area contributed by atoms with Gasteiger partial charge in [-0.1, -0.05) is 0 Å². The molecular weight excluding hydrogens is 190 g/mol. The summed E-state index contributed by atoms with van der Waals surface area (Å²) in [4.78, 5) is 0. The first-order chi connectivity index (χ1) is 7.27. The maximum atomic E-state index is 5.33. The molecule has 0 bridgehead atoms. The van der Waals surface area contributed by atoms with E-state index in [0.717, 1.165) is 11.3 Å². The standard InChI is InChI=1S/C12H15NO2/c1-9(11-5-7-14-8-11)13-10(2)12-4-3-6-15-12/h3-10,13H,1-2H3. The zero-order valence-electron chi connectivity index (χ0n) is 8.94. The van der Waals surface area contributed by atoms with Crippen LogP contribution in [0.2, 0.25) is 0 Å². The molecule has 0 amide bonds. The highest BCUT2D eigenvalue weighted by atomic mass is 16.3. The van der Waals surface area contributed by atoms with Crippen molar-refractivity contribution in [2.24, 2.45) is 0 Å². The summed E-state index contributed by atoms with van der Waals surface area (Å²) in [6.07, 6.45) is 5.13. The molecule has 0 aliphatic rings. The SMILES string of the molecule is CC(NC(C)c1ccco1)c1ccoc1. The average molecular weight is 205 g/mol. The van der Waals surface area contributed by atoms with Gasteiger partial charge < -0.3 is 14.2 Å². The molecule has 0 spiro atoms. The van der Waals surface area contributed by atoms with Gasteiger partial charge in [-0.2, -0.15) is 0 Å². The van der Waals surface area contributed by atoms with E-state index in [1.165, 1.54) is 0 Å². The van der Waals surface area contributed by atoms with Gasteiger partial charge in [0.25, 0.3) is 0 Å². The van der Waals surface area contributed by atoms with Crippen molar-refractivity contribution < 1.29 is 8.83 Å². The third-order valence-corrected chi connectivity index (χ3v) is 2.51. The van der Waals surface area contributed by atoms with Crippen molar-refractivity contribution in [1.29, 1.82) is 0 Å². The third kappa shape index (κ3) is 2.30. The van der Waals surface area contributed by atoms with Crippen LogP contribution in [0.4, 0.5) is 0 Å². The molecule has 0 radical (unpaired) electrons. The first-order valence-corrected chi connectivity index (χ1v) is 5.09. The van der Waals surface area contributed by atoms with Crippen molar-refractivity contribution >= 4 is 0 Å². The van der Waals surface area contributed by atoms with Gasteiger partial charge in [-0.25, -0.2) is 0 Å². The summed E-state index contributed by atoms with van der Waals surface area (Å²) in [5, 5.41) is 3.43. The molecule has 0 fully saturated rings. The molecule has 3 nitrogen and oxygen atoms in total. The number of nitrogens with one attached hydrogen (secondary N) is 1. The fourth-order valence-electron chi connectivity index (χ4n) is 1.61. The van der Waals surface area contributed by atoms with Gasteiger partial charge in [-0.05, 0) is 32.0 Å². The zero-order valence-corrected chi connectivity index (χ0v) is 8.94. The summed E-state index contributed by atoms with van der Waals surface area (Å²) in [6.45, 7) is 4.18. The normalized spacial score (nSPS) is 15.1. The Balaban J connectivity index is 1.98. The monoisotopic (exact) mass is 205 g/mol. The lowest BCUT2D eigenvalue weighted by molar-refractivity contribution is 0.401. The Morgan fingerprint density at radius 3 is 2.60 bits per heavy atom. The molecule has 0 aliphatic heterocycles. The van der Waals surface area contributed by atoms with Gasteiger partial charge >= 0.3 is 0 Å². The number of hydrogen-bond acceptors (Lipinski definition) is 3. The van der Waals surface area contributed by atoms with E-state index < -0.39 is 0 Å². The zero-order chi connectivity index (χ0) is 10.7. The molecule has 2 rings (SSSR count). The highest BCUT2D eigenvalue weighted by Crippen LogP contribution is 2.19. The van der Waals surface area contributed by atoms with E-state index in [1.807, 2.05) is 18.2 Å². The molecule has 80 valence electrons. The van der Waals surface area contributed by atoms with Crippen LogP contribution < -0.4 is 5.32 Å². The molecule has 0 saturated carbocycles. The van der Waals surface area contributed by atoms with Gasteiger partial charge in [-0.3, -0.25) is 0 Å². The number of hydrogen-bond donors (Lipinski definition) is 1. The van der Waals surface area contributed by atoms with Gasteiger partial charge in [0.2, 0.25) is 0 Å². The molecule has 2 aromatic heterocycles. The highest BCUT2D eigenvalue weighted by molar-refractivity contribution is 5.12. The Morgan fingerprint density at radius 2 is 2.00 bits per heavy atom. The molecular formula is C12H15NO2. The van der Waals surface area contributed by atoms with Crippen molar-refractivity contribution in [2.75, 3.05) is 0 Å². The van der Waals surface area contributed by atoms with Gasteiger partial charge in [-0.15, -0.1) is 0 Å². The Bertz CT molecular complexity index is 339. The maximum Gasteiger partial charge on any atom is 0.120 e. The summed E-state index contributed by atoms with van der Waals surface area (Å²) < 4.78 is 10.4. The van der Waals surface area contributed by atoms with Crippen molar-refractivity contribution in [2.45, 2.75) is 25.9 Å². The molecule has 0 aliphatic carbocycles. The molecule has 2 atom stereocenters. The summed E-state index contributed by atoms with van der Waals surface area (Å²) in [6, 6.07) is 6.29. The largest absolute Gasteiger partial charge is 0.472 e. The quantitative estimate of drug-likeness (QED) is 0.832. The van der Waals surface area contributed by atoms with Crippen LogP contribution in [0.5, 0.6) is 0 Å². The Morgan fingerprint density at radius 1 is 1.13 bits per heavy atom. The first kappa shape index (κ1) is 10.1. The molecule has 0 aromatic carbocycles. The topological polar surface area (TPSA) is 38.3 Å². The van der Waals surface area contributed by atoms with Gasteiger partial charge in [0.05, 0.1) is 24.8 Å². The minimum absolute atomic E-state index is 0.199. The molecule has 2 aromatic rings. The lowest BCUT2D eigenvalue weighted by Gasteiger charge is -2.17. The van der Waals surface area contributed by atoms with Crippen LogP contribution in [0, 0.1) is 0 Å². The Hall–Kier alpha value is -1.48. The highest BCUT2D eigenvalue weighted by Gasteiger charge is 2.13. The number of rotatable bonds is 4. The van der Waals surface area contributed by atoms with Gasteiger partial charge in [0.15, 0.2) is 0 Å². The van der Waals surface area contributed by atoms with Crippen LogP contribution in [0.15, 0.2) is 45.8 Å². The van der Waals surface area contributed by atoms with Crippen molar-refractivity contribution in [1.82, 2.24) is 5.32 Å². The number of furan rings is 2. The van der Waals surface area contributed by atoms with E-state index in [4.69, 9.17) is 8.83 Å². The third-order valence-electron chi connectivity index (χ3n) is 2.51. The molecule has 2 heterocycles. The van der Waals surface area contributed by atoms with E-state index in [2.05, 4.69) is 19.2 Å². The summed E-state index contributed by atoms with van der Waals surface area (Å²) in [7, 11) is 0. The van der Waals surface area contributed by atoms with Crippen LogP contribution >= 0.6 is 0 Å². The molecule has 15 heavy (non-hydrogen) atoms. The fourth-order valence-corrected chi connectivity index (χ4v) is 1.61. The Labute approximate surface area is 89.1 Å². The van der Waals surface area contributed by atoms with Crippen LogP contribution in [0.1, 0.15) is 37.3 Å². The first-order valence-electron chi connectivity index (χ1n) is 5.09. The van der Waals surface area contributed by atoms with Crippen LogP contribution in [-0.4, -0.2) is 0 Å². The van der Waals surface area contributed by atoms with E-state index >= 15 is 0 Å². The summed E-state index contributed by atoms with van der Waals surface area (Å²) in [5.74, 6) is 0.949. The van der Waals surface area contributed by atoms with E-state index in [-0.39, 0.29) is 12.1 Å². The molecule has 1 N–H and O–H groups in total. The lowest BCUT2D eigenvalue weighted by Crippen LogP contribution is -2.21. The molecule has 2 unspecified atom stereocenters. The van der Waals surface area contributed by atoms with Crippen LogP contribution in [0.25, 0.3) is 0 Å². The lowest BCUT2D eigenvalue weighted by atomic mass is 10.1. The average Bonchev–Trinajstić information content (AvgIpc) is 2.91. The summed E-state index contributed by atoms with van der Waals surface area (Å²) in [5.41, 5.74) is 1.15. The van der Waals surface area contributed by atoms with Crippen LogP contribution in [0.3, 0.4) is 0 Å². The molecule has 3 heteroatoms. The second kappa shape index (κ2) is 4.36. The fraction of sp³-hybridized carbons (Fsp3) is 0.333. The predicted octanol–water partition coefficient (Wildman–Crippen LogP) is 3.28. The minimum Gasteiger partial charge on any atom is -0.472 e. The van der Waals surface area contributed by atoms with Gasteiger partial charge in [0, 0.05) is 11.6 Å². The Kier molecular flexibility index (Phi) is 2.92. The maximum absolute atomic E-state index is 5.33.